The molecule has 0 fully saturated rings. The molecule has 1 heterocycles. The Balaban J connectivity index is 0.00000102. The van der Waals surface area contributed by atoms with Crippen molar-refractivity contribution in [2.45, 2.75) is 45.4 Å². The Morgan fingerprint density at radius 3 is 2.78 bits per heavy atom. The number of Topliss-reactive ketones (excluding diaryl/α,β-unsaturated/α-hetero) is 1. The highest BCUT2D eigenvalue weighted by Crippen LogP contribution is 2.49. The molecule has 2 aromatic rings. The molecule has 0 bridgehead atoms. The van der Waals surface area contributed by atoms with E-state index in [0.717, 1.165) is 35.4 Å². The molecule has 0 saturated heterocycles. The summed E-state index contributed by atoms with van der Waals surface area (Å²) in [5.41, 5.74) is 3.51. The van der Waals surface area contributed by atoms with Crippen molar-refractivity contribution in [1.29, 1.82) is 5.26 Å². The van der Waals surface area contributed by atoms with Crippen LogP contribution in [0.1, 0.15) is 44.9 Å². The molecule has 0 aliphatic heterocycles. The normalized spacial score (nSPS) is 23.3. The van der Waals surface area contributed by atoms with Crippen molar-refractivity contribution in [3.05, 3.63) is 53.0 Å². The number of aromatic nitrogens is 2. The monoisotopic (exact) mass is 365 g/mol. The minimum absolute atomic E-state index is 0.0743. The molecule has 2 atom stereocenters. The number of allylic oxidation sites excluding steroid dienone is 2. The topological polar surface area (TPSA) is 58.7 Å². The lowest BCUT2D eigenvalue weighted by atomic mass is 9.61. The van der Waals surface area contributed by atoms with Crippen LogP contribution < -0.4 is 0 Å². The van der Waals surface area contributed by atoms with E-state index in [4.69, 9.17) is 5.10 Å². The van der Waals surface area contributed by atoms with E-state index < -0.39 is 5.41 Å². The first-order chi connectivity index (χ1) is 12.9. The van der Waals surface area contributed by atoms with Gasteiger partial charge in [0.2, 0.25) is 0 Å². The minimum Gasteiger partial charge on any atom is -0.293 e. The van der Waals surface area contributed by atoms with Crippen LogP contribution in [0.15, 0.2) is 35.9 Å². The van der Waals surface area contributed by atoms with Gasteiger partial charge in [-0.1, -0.05) is 39.0 Å². The fourth-order valence-corrected chi connectivity index (χ4v) is 4.36. The molecule has 1 aromatic heterocycles. The van der Waals surface area contributed by atoms with Crippen molar-refractivity contribution in [1.82, 2.24) is 9.78 Å². The van der Waals surface area contributed by atoms with Crippen molar-refractivity contribution >= 4 is 5.78 Å². The molecule has 0 saturated carbocycles. The van der Waals surface area contributed by atoms with Crippen LogP contribution in [0.25, 0.3) is 11.3 Å². The highest BCUT2D eigenvalue weighted by molar-refractivity contribution is 6.00. The predicted octanol–water partition coefficient (Wildman–Crippen LogP) is 4.50. The molecule has 0 spiro atoms. The van der Waals surface area contributed by atoms with Gasteiger partial charge >= 0.3 is 0 Å². The molecule has 27 heavy (non-hydrogen) atoms. The van der Waals surface area contributed by atoms with E-state index in [-0.39, 0.29) is 23.1 Å². The number of halogens is 1. The molecular weight excluding hydrogens is 341 g/mol. The van der Waals surface area contributed by atoms with E-state index >= 15 is 0 Å². The Hall–Kier alpha value is -2.74. The van der Waals surface area contributed by atoms with Gasteiger partial charge in [-0.25, -0.2) is 4.39 Å². The number of hydrogen-bond donors (Lipinski definition) is 0. The smallest absolute Gasteiger partial charge is 0.173 e. The summed E-state index contributed by atoms with van der Waals surface area (Å²) in [6, 6.07) is 8.56. The molecule has 0 radical (unpaired) electrons. The van der Waals surface area contributed by atoms with E-state index in [0.29, 0.717) is 6.42 Å². The van der Waals surface area contributed by atoms with E-state index in [1.165, 1.54) is 12.1 Å². The summed E-state index contributed by atoms with van der Waals surface area (Å²) in [5, 5.41) is 14.0. The number of carbonyl (C=O) groups is 1. The van der Waals surface area contributed by atoms with Gasteiger partial charge in [0.15, 0.2) is 5.78 Å². The second kappa shape index (κ2) is 7.11. The Labute approximate surface area is 159 Å². The third-order valence-corrected chi connectivity index (χ3v) is 5.64. The van der Waals surface area contributed by atoms with Gasteiger partial charge < -0.3 is 0 Å². The second-order valence-corrected chi connectivity index (χ2v) is 7.13. The first-order valence-corrected chi connectivity index (χ1v) is 9.42. The van der Waals surface area contributed by atoms with Crippen LogP contribution in [-0.4, -0.2) is 15.6 Å². The lowest BCUT2D eigenvalue weighted by Gasteiger charge is -2.40. The van der Waals surface area contributed by atoms with Crippen LogP contribution in [0.4, 0.5) is 4.39 Å². The summed E-state index contributed by atoms with van der Waals surface area (Å²) in [6.45, 7) is 6.06. The number of ketones is 1. The number of fused-ring (bicyclic) bond motifs is 3. The van der Waals surface area contributed by atoms with Crippen LogP contribution in [0.2, 0.25) is 0 Å². The summed E-state index contributed by atoms with van der Waals surface area (Å²) < 4.78 is 15.5. The number of aryl methyl sites for hydroxylation is 1. The molecule has 140 valence electrons. The van der Waals surface area contributed by atoms with Crippen LogP contribution in [0.5, 0.6) is 0 Å². The fourth-order valence-electron chi connectivity index (χ4n) is 4.36. The van der Waals surface area contributed by atoms with Gasteiger partial charge in [0, 0.05) is 30.0 Å². The lowest BCUT2D eigenvalue weighted by Crippen LogP contribution is -2.40. The summed E-state index contributed by atoms with van der Waals surface area (Å²) in [5.74, 6) is -0.197. The minimum atomic E-state index is -0.435. The zero-order chi connectivity index (χ0) is 19.8. The average molecular weight is 365 g/mol. The van der Waals surface area contributed by atoms with Gasteiger partial charge in [0.05, 0.1) is 17.0 Å². The highest BCUT2D eigenvalue weighted by Gasteiger charge is 2.46. The summed E-state index contributed by atoms with van der Waals surface area (Å²) in [7, 11) is 1.86. The van der Waals surface area contributed by atoms with Gasteiger partial charge in [-0.2, -0.15) is 10.4 Å². The Kier molecular flexibility index (Phi) is 5.01. The zero-order valence-electron chi connectivity index (χ0n) is 16.2. The number of nitriles is 1. The van der Waals surface area contributed by atoms with Crippen molar-refractivity contribution < 1.29 is 9.18 Å². The highest BCUT2D eigenvalue weighted by atomic mass is 19.1. The van der Waals surface area contributed by atoms with Crippen molar-refractivity contribution in [2.24, 2.45) is 13.0 Å². The molecule has 5 heteroatoms. The number of hydrogen-bond acceptors (Lipinski definition) is 3. The Morgan fingerprint density at radius 2 is 2.11 bits per heavy atom. The number of carbonyl (C=O) groups excluding carboxylic acids is 1. The molecule has 1 aromatic carbocycles. The summed E-state index contributed by atoms with van der Waals surface area (Å²) >= 11 is 0. The largest absolute Gasteiger partial charge is 0.293 e. The predicted molar refractivity (Wildman–Crippen MR) is 102 cm³/mol. The van der Waals surface area contributed by atoms with Crippen molar-refractivity contribution in [3.63, 3.8) is 0 Å². The molecule has 2 aliphatic rings. The molecule has 4 rings (SSSR count). The number of benzene rings is 1. The number of nitrogens with zero attached hydrogens (tertiary/aromatic N) is 3. The van der Waals surface area contributed by atoms with Gasteiger partial charge in [0.25, 0.3) is 0 Å². The quantitative estimate of drug-likeness (QED) is 0.748. The van der Waals surface area contributed by atoms with Crippen LogP contribution in [0, 0.1) is 23.1 Å². The maximum absolute atomic E-state index is 13.7. The van der Waals surface area contributed by atoms with Crippen molar-refractivity contribution in [3.8, 4) is 17.3 Å². The van der Waals surface area contributed by atoms with Gasteiger partial charge in [-0.05, 0) is 30.9 Å². The molecule has 2 unspecified atom stereocenters. The van der Waals surface area contributed by atoms with Gasteiger partial charge in [-0.3, -0.25) is 9.48 Å². The summed E-state index contributed by atoms with van der Waals surface area (Å²) in [6.07, 6.45) is 3.85. The van der Waals surface area contributed by atoms with Crippen LogP contribution in [-0.2, 0) is 23.7 Å². The molecule has 0 amide bonds. The SMILES string of the molecule is CC.Cn1nc2c(c1-c1cccc(F)c1)CCC1CC(=O)C(C#N)=CC21C. The molecule has 2 aliphatic carbocycles. The standard InChI is InChI=1S/C20H18FN3O.C2H6/c1-20-10-13(11-22)17(25)9-14(20)6-7-16-18(24(2)23-19(16)20)12-4-3-5-15(21)8-12;1-2/h3-5,8,10,14H,6-7,9H2,1-2H3;1-2H3. The molecule has 0 N–H and O–H groups in total. The van der Waals surface area contributed by atoms with E-state index in [2.05, 4.69) is 6.92 Å². The zero-order valence-corrected chi connectivity index (χ0v) is 16.2. The fraction of sp³-hybridized carbons (Fsp3) is 0.409. The Bertz CT molecular complexity index is 966. The maximum Gasteiger partial charge on any atom is 0.173 e. The van der Waals surface area contributed by atoms with E-state index in [1.807, 2.05) is 33.0 Å². The number of rotatable bonds is 1. The lowest BCUT2D eigenvalue weighted by molar-refractivity contribution is -0.117. The van der Waals surface area contributed by atoms with Gasteiger partial charge in [0.1, 0.15) is 11.9 Å². The van der Waals surface area contributed by atoms with Crippen LogP contribution in [0.3, 0.4) is 0 Å². The second-order valence-electron chi connectivity index (χ2n) is 7.13. The third-order valence-electron chi connectivity index (χ3n) is 5.64. The Morgan fingerprint density at radius 1 is 1.37 bits per heavy atom. The average Bonchev–Trinajstić information content (AvgIpc) is 3.01. The molecule has 4 nitrogen and oxygen atoms in total. The maximum atomic E-state index is 13.7. The third kappa shape index (κ3) is 2.99. The van der Waals surface area contributed by atoms with E-state index in [9.17, 15) is 14.4 Å². The molecular formula is C22H24FN3O. The van der Waals surface area contributed by atoms with Crippen molar-refractivity contribution in [2.75, 3.05) is 0 Å². The first-order valence-electron chi connectivity index (χ1n) is 9.42. The first kappa shape index (κ1) is 19.0. The summed E-state index contributed by atoms with van der Waals surface area (Å²) in [4.78, 5) is 12.1. The van der Waals surface area contributed by atoms with E-state index in [1.54, 1.807) is 16.8 Å². The van der Waals surface area contributed by atoms with Gasteiger partial charge in [-0.15, -0.1) is 0 Å². The van der Waals surface area contributed by atoms with Crippen LogP contribution >= 0.6 is 0 Å².